The van der Waals surface area contributed by atoms with Crippen LogP contribution in [0.1, 0.15) is 53.4 Å². The molecule has 3 N–H and O–H groups in total. The second-order valence-electron chi connectivity index (χ2n) is 4.70. The molecular formula is C13H30N2. The van der Waals surface area contributed by atoms with Gasteiger partial charge in [-0.1, -0.05) is 47.0 Å². The topological polar surface area (TPSA) is 38.0 Å². The van der Waals surface area contributed by atoms with Crippen LogP contribution in [-0.4, -0.2) is 19.1 Å². The van der Waals surface area contributed by atoms with Gasteiger partial charge in [0.05, 0.1) is 0 Å². The Bertz CT molecular complexity index is 132. The van der Waals surface area contributed by atoms with Crippen molar-refractivity contribution in [3.8, 4) is 0 Å². The molecule has 0 fully saturated rings. The van der Waals surface area contributed by atoms with Crippen LogP contribution in [-0.2, 0) is 0 Å². The van der Waals surface area contributed by atoms with Crippen LogP contribution in [0.2, 0.25) is 0 Å². The first kappa shape index (κ1) is 14.9. The van der Waals surface area contributed by atoms with Gasteiger partial charge in [0.1, 0.15) is 0 Å². The van der Waals surface area contributed by atoms with E-state index in [2.05, 4.69) is 33.0 Å². The summed E-state index contributed by atoms with van der Waals surface area (Å²) in [5, 5.41) is 3.63. The molecule has 0 aliphatic rings. The molecule has 92 valence electrons. The van der Waals surface area contributed by atoms with Gasteiger partial charge in [-0.2, -0.15) is 0 Å². The maximum absolute atomic E-state index is 5.81. The van der Waals surface area contributed by atoms with Crippen molar-refractivity contribution in [1.82, 2.24) is 5.32 Å². The summed E-state index contributed by atoms with van der Waals surface area (Å²) in [6, 6.07) is 0.505. The van der Waals surface area contributed by atoms with Crippen molar-refractivity contribution in [1.29, 1.82) is 0 Å². The minimum Gasteiger partial charge on any atom is -0.329 e. The molecule has 2 atom stereocenters. The fourth-order valence-corrected chi connectivity index (χ4v) is 2.07. The van der Waals surface area contributed by atoms with Crippen LogP contribution in [0.25, 0.3) is 0 Å². The number of nitrogens with one attached hydrogen (secondary N) is 1. The average Bonchev–Trinajstić information content (AvgIpc) is 2.25. The minimum atomic E-state index is 0.505. The van der Waals surface area contributed by atoms with Gasteiger partial charge in [-0.05, 0) is 24.8 Å². The molecule has 0 heterocycles. The van der Waals surface area contributed by atoms with Gasteiger partial charge in [-0.3, -0.25) is 0 Å². The van der Waals surface area contributed by atoms with Gasteiger partial charge in [-0.25, -0.2) is 0 Å². The quantitative estimate of drug-likeness (QED) is 0.619. The van der Waals surface area contributed by atoms with Crippen LogP contribution in [0, 0.1) is 11.8 Å². The summed E-state index contributed by atoms with van der Waals surface area (Å²) < 4.78 is 0. The number of hydrogen-bond donors (Lipinski definition) is 2. The lowest BCUT2D eigenvalue weighted by molar-refractivity contribution is 0.328. The zero-order chi connectivity index (χ0) is 11.7. The third-order valence-electron chi connectivity index (χ3n) is 3.51. The third-order valence-corrected chi connectivity index (χ3v) is 3.51. The van der Waals surface area contributed by atoms with Gasteiger partial charge in [0.2, 0.25) is 0 Å². The Labute approximate surface area is 96.0 Å². The number of hydrogen-bond acceptors (Lipinski definition) is 2. The van der Waals surface area contributed by atoms with E-state index in [1.807, 2.05) is 0 Å². The molecule has 0 aromatic carbocycles. The van der Waals surface area contributed by atoms with E-state index >= 15 is 0 Å². The normalized spacial score (nSPS) is 15.6. The smallest absolute Gasteiger partial charge is 0.0215 e. The van der Waals surface area contributed by atoms with Gasteiger partial charge < -0.3 is 11.1 Å². The Morgan fingerprint density at radius 3 is 2.13 bits per heavy atom. The van der Waals surface area contributed by atoms with Gasteiger partial charge in [0, 0.05) is 12.6 Å². The standard InChI is InChI=1S/C13H30N2/c1-5-8-11(4)13(9-14)15-10-12(6-2)7-3/h11-13,15H,5-10,14H2,1-4H3. The minimum absolute atomic E-state index is 0.505. The highest BCUT2D eigenvalue weighted by Gasteiger charge is 2.15. The molecule has 0 radical (unpaired) electrons. The lowest BCUT2D eigenvalue weighted by atomic mass is 9.95. The van der Waals surface area contributed by atoms with Crippen molar-refractivity contribution in [3.05, 3.63) is 0 Å². The lowest BCUT2D eigenvalue weighted by Crippen LogP contribution is -2.43. The van der Waals surface area contributed by atoms with Gasteiger partial charge in [-0.15, -0.1) is 0 Å². The fraction of sp³-hybridized carbons (Fsp3) is 1.00. The number of rotatable bonds is 9. The summed E-state index contributed by atoms with van der Waals surface area (Å²) in [5.41, 5.74) is 5.81. The van der Waals surface area contributed by atoms with Gasteiger partial charge in [0.25, 0.3) is 0 Å². The Hall–Kier alpha value is -0.0800. The second-order valence-corrected chi connectivity index (χ2v) is 4.70. The van der Waals surface area contributed by atoms with E-state index in [-0.39, 0.29) is 0 Å². The van der Waals surface area contributed by atoms with Crippen LogP contribution in [0.4, 0.5) is 0 Å². The molecule has 2 nitrogen and oxygen atoms in total. The van der Waals surface area contributed by atoms with E-state index < -0.39 is 0 Å². The highest BCUT2D eigenvalue weighted by atomic mass is 14.9. The SMILES string of the molecule is CCCC(C)C(CN)NCC(CC)CC. The molecule has 0 spiro atoms. The molecule has 0 aliphatic heterocycles. The molecule has 15 heavy (non-hydrogen) atoms. The van der Waals surface area contributed by atoms with Gasteiger partial charge in [0.15, 0.2) is 0 Å². The Kier molecular flexibility index (Phi) is 9.12. The first-order valence-corrected chi connectivity index (χ1v) is 6.62. The number of nitrogens with two attached hydrogens (primary N) is 1. The predicted octanol–water partition coefficient (Wildman–Crippen LogP) is 2.78. The first-order valence-electron chi connectivity index (χ1n) is 6.62. The maximum atomic E-state index is 5.81. The molecule has 2 heteroatoms. The summed E-state index contributed by atoms with van der Waals surface area (Å²) in [6.07, 6.45) is 5.06. The lowest BCUT2D eigenvalue weighted by Gasteiger charge is -2.25. The van der Waals surface area contributed by atoms with Gasteiger partial charge >= 0.3 is 0 Å². The summed E-state index contributed by atoms with van der Waals surface area (Å²) in [7, 11) is 0. The van der Waals surface area contributed by atoms with E-state index in [0.717, 1.165) is 19.0 Å². The monoisotopic (exact) mass is 214 g/mol. The van der Waals surface area contributed by atoms with E-state index in [1.165, 1.54) is 25.7 Å². The third kappa shape index (κ3) is 6.16. The van der Waals surface area contributed by atoms with Crippen LogP contribution < -0.4 is 11.1 Å². The van der Waals surface area contributed by atoms with E-state index in [0.29, 0.717) is 12.0 Å². The van der Waals surface area contributed by atoms with Crippen molar-refractivity contribution in [3.63, 3.8) is 0 Å². The summed E-state index contributed by atoms with van der Waals surface area (Å²) >= 11 is 0. The van der Waals surface area contributed by atoms with Crippen LogP contribution in [0.5, 0.6) is 0 Å². The molecule has 0 rings (SSSR count). The summed E-state index contributed by atoms with van der Waals surface area (Å²) in [4.78, 5) is 0. The molecule has 2 unspecified atom stereocenters. The van der Waals surface area contributed by atoms with Crippen molar-refractivity contribution in [2.45, 2.75) is 59.4 Å². The van der Waals surface area contributed by atoms with Crippen molar-refractivity contribution >= 4 is 0 Å². The van der Waals surface area contributed by atoms with Crippen molar-refractivity contribution < 1.29 is 0 Å². The molecule has 0 bridgehead atoms. The highest BCUT2D eigenvalue weighted by Crippen LogP contribution is 2.11. The predicted molar refractivity (Wildman–Crippen MR) is 69.0 cm³/mol. The Balaban J connectivity index is 3.87. The zero-order valence-electron chi connectivity index (χ0n) is 11.1. The maximum Gasteiger partial charge on any atom is 0.0215 e. The molecule has 0 saturated carbocycles. The highest BCUT2D eigenvalue weighted by molar-refractivity contribution is 4.75. The first-order chi connectivity index (χ1) is 7.19. The van der Waals surface area contributed by atoms with Crippen molar-refractivity contribution in [2.24, 2.45) is 17.6 Å². The van der Waals surface area contributed by atoms with E-state index in [9.17, 15) is 0 Å². The Morgan fingerprint density at radius 2 is 1.73 bits per heavy atom. The van der Waals surface area contributed by atoms with Crippen LogP contribution in [0.15, 0.2) is 0 Å². The molecule has 0 amide bonds. The molecular weight excluding hydrogens is 184 g/mol. The largest absolute Gasteiger partial charge is 0.329 e. The molecule has 0 aromatic heterocycles. The van der Waals surface area contributed by atoms with E-state index in [1.54, 1.807) is 0 Å². The second kappa shape index (κ2) is 9.17. The average molecular weight is 214 g/mol. The fourth-order valence-electron chi connectivity index (χ4n) is 2.07. The molecule has 0 saturated heterocycles. The van der Waals surface area contributed by atoms with Crippen molar-refractivity contribution in [2.75, 3.05) is 13.1 Å². The van der Waals surface area contributed by atoms with Crippen LogP contribution in [0.3, 0.4) is 0 Å². The summed E-state index contributed by atoms with van der Waals surface area (Å²) in [6.45, 7) is 11.0. The summed E-state index contributed by atoms with van der Waals surface area (Å²) in [5.74, 6) is 1.52. The molecule has 0 aliphatic carbocycles. The Morgan fingerprint density at radius 1 is 1.13 bits per heavy atom. The molecule has 0 aromatic rings. The van der Waals surface area contributed by atoms with E-state index in [4.69, 9.17) is 5.73 Å². The van der Waals surface area contributed by atoms with Crippen LogP contribution >= 0.6 is 0 Å². The zero-order valence-corrected chi connectivity index (χ0v) is 11.1.